The molecule has 0 saturated heterocycles. The van der Waals surface area contributed by atoms with Gasteiger partial charge in [0.15, 0.2) is 6.20 Å². The maximum atomic E-state index is 2.49. The van der Waals surface area contributed by atoms with Crippen LogP contribution in [0.5, 0.6) is 0 Å². The monoisotopic (exact) mass is 410 g/mol. The highest BCUT2D eigenvalue weighted by Crippen LogP contribution is 2.43. The van der Waals surface area contributed by atoms with Gasteiger partial charge in [0.1, 0.15) is 7.05 Å². The third-order valence-corrected chi connectivity index (χ3v) is 7.93. The van der Waals surface area contributed by atoms with Gasteiger partial charge in [-0.1, -0.05) is 81.0 Å². The molecule has 31 heavy (non-hydrogen) atoms. The van der Waals surface area contributed by atoms with Crippen molar-refractivity contribution in [1.29, 1.82) is 0 Å². The number of hydrogen-bond donors (Lipinski definition) is 0. The van der Waals surface area contributed by atoms with Crippen LogP contribution in [0.1, 0.15) is 68.4 Å². The van der Waals surface area contributed by atoms with Crippen molar-refractivity contribution in [3.05, 3.63) is 78.0 Å². The molecule has 3 aliphatic carbocycles. The fourth-order valence-electron chi connectivity index (χ4n) is 6.21. The highest BCUT2D eigenvalue weighted by Gasteiger charge is 2.28. The van der Waals surface area contributed by atoms with E-state index in [0.29, 0.717) is 0 Å². The smallest absolute Gasteiger partial charge is 0.200 e. The lowest BCUT2D eigenvalue weighted by molar-refractivity contribution is -0.659. The van der Waals surface area contributed by atoms with Crippen LogP contribution in [0.25, 0.3) is 22.4 Å². The van der Waals surface area contributed by atoms with Crippen molar-refractivity contribution in [3.63, 3.8) is 0 Å². The fraction of sp³-hybridized carbons (Fsp3) is 0.433. The third kappa shape index (κ3) is 4.47. The molecule has 3 aromatic rings. The Labute approximate surface area is 188 Å². The van der Waals surface area contributed by atoms with Crippen molar-refractivity contribution in [2.45, 2.75) is 64.2 Å². The summed E-state index contributed by atoms with van der Waals surface area (Å²) in [5.41, 5.74) is 8.14. The minimum Gasteiger partial charge on any atom is -0.200 e. The van der Waals surface area contributed by atoms with Crippen LogP contribution in [0.2, 0.25) is 0 Å². The molecule has 160 valence electrons. The van der Waals surface area contributed by atoms with Crippen molar-refractivity contribution in [2.75, 3.05) is 0 Å². The SMILES string of the molecule is Cc1ccccc1-c1ccc(-c2cccc(C3CC4CCCC(CCC4)C3)c2)c[n+]1C. The predicted molar refractivity (Wildman–Crippen MR) is 130 cm³/mol. The number of rotatable bonds is 3. The van der Waals surface area contributed by atoms with Crippen LogP contribution < -0.4 is 4.57 Å². The van der Waals surface area contributed by atoms with Crippen LogP contribution in [0.15, 0.2) is 66.9 Å². The van der Waals surface area contributed by atoms with E-state index in [9.17, 15) is 0 Å². The lowest BCUT2D eigenvalue weighted by atomic mass is 9.71. The van der Waals surface area contributed by atoms with Crippen LogP contribution in [-0.4, -0.2) is 0 Å². The first-order valence-corrected chi connectivity index (χ1v) is 12.3. The van der Waals surface area contributed by atoms with E-state index in [-0.39, 0.29) is 0 Å². The Kier molecular flexibility index (Phi) is 5.94. The summed E-state index contributed by atoms with van der Waals surface area (Å²) < 4.78 is 2.28. The molecule has 0 spiro atoms. The maximum absolute atomic E-state index is 2.49. The molecule has 0 radical (unpaired) electrons. The second-order valence-corrected chi connectivity index (χ2v) is 10.1. The summed E-state index contributed by atoms with van der Waals surface area (Å²) in [5.74, 6) is 2.64. The Bertz CT molecular complexity index is 1030. The third-order valence-electron chi connectivity index (χ3n) is 7.93. The van der Waals surface area contributed by atoms with Crippen LogP contribution in [0.3, 0.4) is 0 Å². The number of fused-ring (bicyclic) bond motifs is 6. The number of pyridine rings is 1. The molecule has 0 amide bonds. The molecule has 1 aromatic heterocycles. The molecule has 3 saturated carbocycles. The molecule has 2 aromatic carbocycles. The zero-order valence-electron chi connectivity index (χ0n) is 19.2. The Morgan fingerprint density at radius 3 is 2.13 bits per heavy atom. The van der Waals surface area contributed by atoms with Gasteiger partial charge >= 0.3 is 0 Å². The highest BCUT2D eigenvalue weighted by atomic mass is 14.9. The highest BCUT2D eigenvalue weighted by molar-refractivity contribution is 5.66. The molecule has 1 heterocycles. The second kappa shape index (κ2) is 8.99. The van der Waals surface area contributed by atoms with Crippen LogP contribution in [0, 0.1) is 18.8 Å². The van der Waals surface area contributed by atoms with E-state index >= 15 is 0 Å². The molecular formula is C30H36N+. The normalized spacial score (nSPS) is 23.7. The van der Waals surface area contributed by atoms with Gasteiger partial charge in [0, 0.05) is 17.2 Å². The van der Waals surface area contributed by atoms with Gasteiger partial charge in [-0.2, -0.15) is 0 Å². The van der Waals surface area contributed by atoms with E-state index in [4.69, 9.17) is 0 Å². The molecule has 0 N–H and O–H groups in total. The van der Waals surface area contributed by atoms with Gasteiger partial charge in [-0.3, -0.25) is 0 Å². The Hall–Kier alpha value is -2.41. The minimum absolute atomic E-state index is 0.746. The van der Waals surface area contributed by atoms with Gasteiger partial charge in [0.25, 0.3) is 0 Å². The topological polar surface area (TPSA) is 3.88 Å². The first-order chi connectivity index (χ1) is 15.2. The molecule has 3 aliphatic rings. The van der Waals surface area contributed by atoms with Gasteiger partial charge in [0.05, 0.1) is 0 Å². The number of aryl methyl sites for hydroxylation is 2. The molecular weight excluding hydrogens is 374 g/mol. The van der Waals surface area contributed by atoms with Crippen molar-refractivity contribution in [1.82, 2.24) is 0 Å². The molecule has 1 heteroatoms. The summed E-state index contributed by atoms with van der Waals surface area (Å²) in [6.07, 6.45) is 13.9. The summed E-state index contributed by atoms with van der Waals surface area (Å²) in [6.45, 7) is 2.19. The zero-order chi connectivity index (χ0) is 21.2. The van der Waals surface area contributed by atoms with Gasteiger partial charge in [-0.15, -0.1) is 0 Å². The summed E-state index contributed by atoms with van der Waals surface area (Å²) in [4.78, 5) is 0. The largest absolute Gasteiger partial charge is 0.212 e. The van der Waals surface area contributed by atoms with Gasteiger partial charge in [-0.25, -0.2) is 4.57 Å². The Morgan fingerprint density at radius 2 is 1.45 bits per heavy atom. The molecule has 6 rings (SSSR count). The van der Waals surface area contributed by atoms with Crippen molar-refractivity contribution >= 4 is 0 Å². The number of aromatic nitrogens is 1. The molecule has 0 atom stereocenters. The lowest BCUT2D eigenvalue weighted by Crippen LogP contribution is -2.30. The molecule has 1 nitrogen and oxygen atoms in total. The average molecular weight is 411 g/mol. The molecule has 0 unspecified atom stereocenters. The first-order valence-electron chi connectivity index (χ1n) is 12.3. The van der Waals surface area contributed by atoms with Crippen LogP contribution in [0.4, 0.5) is 0 Å². The zero-order valence-corrected chi connectivity index (χ0v) is 19.2. The quantitative estimate of drug-likeness (QED) is 0.391. The molecule has 3 fully saturated rings. The van der Waals surface area contributed by atoms with Crippen LogP contribution in [-0.2, 0) is 7.05 Å². The molecule has 0 aliphatic heterocycles. The maximum Gasteiger partial charge on any atom is 0.212 e. The minimum atomic E-state index is 0.746. The summed E-state index contributed by atoms with van der Waals surface area (Å²) >= 11 is 0. The lowest BCUT2D eigenvalue weighted by Gasteiger charge is -2.34. The van der Waals surface area contributed by atoms with E-state index in [1.54, 1.807) is 5.56 Å². The van der Waals surface area contributed by atoms with Crippen LogP contribution >= 0.6 is 0 Å². The van der Waals surface area contributed by atoms with E-state index < -0.39 is 0 Å². The molecule has 2 bridgehead atoms. The van der Waals surface area contributed by atoms with Crippen molar-refractivity contribution in [3.8, 4) is 22.4 Å². The second-order valence-electron chi connectivity index (χ2n) is 10.1. The standard InChI is InChI=1S/C30H36N/c1-22-8-3-4-15-29(22)30-17-16-27(21-31(30)2)25-13-7-14-26(20-25)28-18-23-9-5-10-24(19-28)12-6-11-23/h3-4,7-8,13-17,20-21,23-24,28H,5-6,9-12,18-19H2,1-2H3/q+1. The van der Waals surface area contributed by atoms with E-state index in [0.717, 1.165) is 17.8 Å². The van der Waals surface area contributed by atoms with E-state index in [1.165, 1.54) is 79.3 Å². The first kappa shape index (κ1) is 20.5. The number of hydrogen-bond acceptors (Lipinski definition) is 0. The number of nitrogens with zero attached hydrogens (tertiary/aromatic N) is 1. The number of benzene rings is 2. The Morgan fingerprint density at radius 1 is 0.742 bits per heavy atom. The summed E-state index contributed by atoms with van der Waals surface area (Å²) in [5, 5.41) is 0. The van der Waals surface area contributed by atoms with E-state index in [2.05, 4.69) is 85.4 Å². The van der Waals surface area contributed by atoms with Gasteiger partial charge in [-0.05, 0) is 66.3 Å². The van der Waals surface area contributed by atoms with Gasteiger partial charge < -0.3 is 0 Å². The summed E-state index contributed by atoms with van der Waals surface area (Å²) in [6, 6.07) is 22.7. The Balaban J connectivity index is 1.44. The summed E-state index contributed by atoms with van der Waals surface area (Å²) in [7, 11) is 2.17. The van der Waals surface area contributed by atoms with Gasteiger partial charge in [0.2, 0.25) is 5.69 Å². The predicted octanol–water partition coefficient (Wildman–Crippen LogP) is 7.62. The van der Waals surface area contributed by atoms with E-state index in [1.807, 2.05) is 0 Å². The average Bonchev–Trinajstić information content (AvgIpc) is 2.73. The van der Waals surface area contributed by atoms with Crippen molar-refractivity contribution < 1.29 is 4.57 Å². The fourth-order valence-corrected chi connectivity index (χ4v) is 6.21. The van der Waals surface area contributed by atoms with Crippen molar-refractivity contribution in [2.24, 2.45) is 18.9 Å².